The summed E-state index contributed by atoms with van der Waals surface area (Å²) in [4.78, 5) is 12.4. The van der Waals surface area contributed by atoms with E-state index in [1.54, 1.807) is 12.1 Å². The molecule has 0 spiro atoms. The van der Waals surface area contributed by atoms with Crippen LogP contribution in [0.2, 0.25) is 0 Å². The predicted octanol–water partition coefficient (Wildman–Crippen LogP) is 5.16. The molecule has 0 radical (unpaired) electrons. The van der Waals surface area contributed by atoms with Crippen LogP contribution in [0.15, 0.2) is 83.3 Å². The topological polar surface area (TPSA) is 47.6 Å². The molecule has 0 fully saturated rings. The first-order valence-corrected chi connectivity index (χ1v) is 8.98. The summed E-state index contributed by atoms with van der Waals surface area (Å²) in [5.41, 5.74) is 1.25. The van der Waals surface area contributed by atoms with Gasteiger partial charge in [-0.15, -0.1) is 0 Å². The van der Waals surface area contributed by atoms with Crippen LogP contribution in [0.25, 0.3) is 0 Å². The van der Waals surface area contributed by atoms with E-state index in [0.29, 0.717) is 30.2 Å². The quantitative estimate of drug-likeness (QED) is 0.546. The molecule has 0 aromatic heterocycles. The molecule has 0 saturated heterocycles. The van der Waals surface area contributed by atoms with Crippen molar-refractivity contribution in [1.29, 1.82) is 0 Å². The number of carbonyl (C=O) groups is 1. The number of rotatable bonds is 7. The van der Waals surface area contributed by atoms with Gasteiger partial charge in [-0.1, -0.05) is 36.4 Å². The first-order chi connectivity index (χ1) is 12.7. The molecule has 132 valence electrons. The Kier molecular flexibility index (Phi) is 6.28. The Balaban J connectivity index is 1.53. The van der Waals surface area contributed by atoms with E-state index in [0.717, 1.165) is 10.2 Å². The van der Waals surface area contributed by atoms with Gasteiger partial charge in [0.1, 0.15) is 24.7 Å². The van der Waals surface area contributed by atoms with Crippen molar-refractivity contribution in [3.8, 4) is 11.5 Å². The highest BCUT2D eigenvalue weighted by atomic mass is 79.9. The zero-order valence-electron chi connectivity index (χ0n) is 14.0. The molecule has 0 heterocycles. The summed E-state index contributed by atoms with van der Waals surface area (Å²) < 4.78 is 12.0. The molecule has 0 aliphatic carbocycles. The maximum Gasteiger partial charge on any atom is 0.256 e. The van der Waals surface area contributed by atoms with Crippen molar-refractivity contribution in [2.24, 2.45) is 0 Å². The second kappa shape index (κ2) is 9.06. The average Bonchev–Trinajstić information content (AvgIpc) is 2.67. The monoisotopic (exact) mass is 411 g/mol. The van der Waals surface area contributed by atoms with Crippen LogP contribution in [0, 0.1) is 0 Å². The fourth-order valence-electron chi connectivity index (χ4n) is 2.34. The summed E-state index contributed by atoms with van der Waals surface area (Å²) in [6, 6.07) is 24.2. The van der Waals surface area contributed by atoms with E-state index in [4.69, 9.17) is 9.47 Å². The molecule has 0 aliphatic heterocycles. The van der Waals surface area contributed by atoms with Crippen molar-refractivity contribution in [3.63, 3.8) is 0 Å². The van der Waals surface area contributed by atoms with Crippen LogP contribution < -0.4 is 14.8 Å². The molecule has 0 atom stereocenters. The summed E-state index contributed by atoms with van der Waals surface area (Å²) in [6.45, 7) is 0.855. The first kappa shape index (κ1) is 18.0. The number of hydrogen-bond acceptors (Lipinski definition) is 3. The van der Waals surface area contributed by atoms with Crippen molar-refractivity contribution in [1.82, 2.24) is 0 Å². The van der Waals surface area contributed by atoms with Crippen LogP contribution in [-0.4, -0.2) is 19.1 Å². The number of hydrogen-bond donors (Lipinski definition) is 1. The van der Waals surface area contributed by atoms with E-state index < -0.39 is 0 Å². The van der Waals surface area contributed by atoms with Crippen molar-refractivity contribution >= 4 is 27.5 Å². The molecular formula is C21H18BrNO3. The molecule has 1 amide bonds. The Morgan fingerprint density at radius 3 is 2.23 bits per heavy atom. The molecule has 26 heavy (non-hydrogen) atoms. The number of halogens is 1. The predicted molar refractivity (Wildman–Crippen MR) is 106 cm³/mol. The molecule has 3 aromatic rings. The van der Waals surface area contributed by atoms with Gasteiger partial charge in [0.15, 0.2) is 0 Å². The van der Waals surface area contributed by atoms with Crippen LogP contribution in [-0.2, 0) is 0 Å². The number of carbonyl (C=O) groups excluding carboxylic acids is 1. The second-order valence-corrected chi connectivity index (χ2v) is 6.33. The molecule has 4 nitrogen and oxygen atoms in total. The molecule has 0 bridgehead atoms. The zero-order valence-corrected chi connectivity index (χ0v) is 15.6. The lowest BCUT2D eigenvalue weighted by Gasteiger charge is -2.10. The zero-order chi connectivity index (χ0) is 18.2. The number of amides is 1. The molecule has 1 N–H and O–H groups in total. The van der Waals surface area contributed by atoms with Gasteiger partial charge in [-0.05, 0) is 52.3 Å². The van der Waals surface area contributed by atoms with Gasteiger partial charge < -0.3 is 14.8 Å². The summed E-state index contributed by atoms with van der Waals surface area (Å²) in [7, 11) is 0. The van der Waals surface area contributed by atoms with Crippen LogP contribution in [0.4, 0.5) is 5.69 Å². The van der Waals surface area contributed by atoms with Gasteiger partial charge in [-0.25, -0.2) is 0 Å². The van der Waals surface area contributed by atoms with Crippen LogP contribution in [0.1, 0.15) is 10.4 Å². The van der Waals surface area contributed by atoms with Crippen molar-refractivity contribution in [2.45, 2.75) is 0 Å². The average molecular weight is 412 g/mol. The minimum absolute atomic E-state index is 0.179. The molecular weight excluding hydrogens is 394 g/mol. The van der Waals surface area contributed by atoms with Gasteiger partial charge in [0.05, 0.1) is 5.56 Å². The fourth-order valence-corrected chi connectivity index (χ4v) is 2.81. The fraction of sp³-hybridized carbons (Fsp3) is 0.0952. The molecule has 3 rings (SSSR count). The number of benzene rings is 3. The summed E-state index contributed by atoms with van der Waals surface area (Å²) >= 11 is 3.39. The molecule has 0 unspecified atom stereocenters. The molecule has 0 saturated carbocycles. The van der Waals surface area contributed by atoms with Crippen molar-refractivity contribution < 1.29 is 14.3 Å². The van der Waals surface area contributed by atoms with Crippen LogP contribution in [0.5, 0.6) is 11.5 Å². The normalized spacial score (nSPS) is 10.2. The lowest BCUT2D eigenvalue weighted by Crippen LogP contribution is -2.13. The van der Waals surface area contributed by atoms with Crippen LogP contribution >= 0.6 is 15.9 Å². The maximum absolute atomic E-state index is 12.4. The highest BCUT2D eigenvalue weighted by molar-refractivity contribution is 9.10. The van der Waals surface area contributed by atoms with Crippen LogP contribution in [0.3, 0.4) is 0 Å². The highest BCUT2D eigenvalue weighted by Gasteiger charge is 2.09. The van der Waals surface area contributed by atoms with Crippen molar-refractivity contribution in [3.05, 3.63) is 88.9 Å². The lowest BCUT2D eigenvalue weighted by molar-refractivity contribution is 0.102. The number of para-hydroxylation sites is 1. The van der Waals surface area contributed by atoms with Gasteiger partial charge in [-0.2, -0.15) is 0 Å². The van der Waals surface area contributed by atoms with E-state index >= 15 is 0 Å². The summed E-state index contributed by atoms with van der Waals surface area (Å²) in [6.07, 6.45) is 0. The Morgan fingerprint density at radius 2 is 1.46 bits per heavy atom. The third kappa shape index (κ3) is 5.10. The smallest absolute Gasteiger partial charge is 0.256 e. The molecule has 0 aliphatic rings. The Bertz CT molecular complexity index is 868. The minimum atomic E-state index is -0.179. The largest absolute Gasteiger partial charge is 0.490 e. The number of anilines is 1. The third-order valence-electron chi connectivity index (χ3n) is 3.57. The number of nitrogens with one attached hydrogen (secondary N) is 1. The Labute approximate surface area is 160 Å². The lowest BCUT2D eigenvalue weighted by atomic mass is 10.2. The minimum Gasteiger partial charge on any atom is -0.490 e. The summed E-state index contributed by atoms with van der Waals surface area (Å²) in [5, 5.41) is 2.88. The van der Waals surface area contributed by atoms with E-state index in [9.17, 15) is 4.79 Å². The Hall–Kier alpha value is -2.79. The molecule has 3 aromatic carbocycles. The van der Waals surface area contributed by atoms with Gasteiger partial charge in [0.25, 0.3) is 5.91 Å². The van der Waals surface area contributed by atoms with Gasteiger partial charge >= 0.3 is 0 Å². The second-order valence-electron chi connectivity index (χ2n) is 5.47. The maximum atomic E-state index is 12.4. The highest BCUT2D eigenvalue weighted by Crippen LogP contribution is 2.21. The summed E-state index contributed by atoms with van der Waals surface area (Å²) in [5.74, 6) is 1.30. The SMILES string of the molecule is O=C(Nc1cccc(OCCOc2ccccc2)c1)c1ccccc1Br. The Morgan fingerprint density at radius 1 is 0.808 bits per heavy atom. The van der Waals surface area contributed by atoms with Crippen molar-refractivity contribution in [2.75, 3.05) is 18.5 Å². The van der Waals surface area contributed by atoms with E-state index in [2.05, 4.69) is 21.2 Å². The number of ether oxygens (including phenoxy) is 2. The van der Waals surface area contributed by atoms with E-state index in [1.165, 1.54) is 0 Å². The molecule has 5 heteroatoms. The van der Waals surface area contributed by atoms with Gasteiger partial charge in [-0.3, -0.25) is 4.79 Å². The third-order valence-corrected chi connectivity index (χ3v) is 4.27. The first-order valence-electron chi connectivity index (χ1n) is 8.19. The van der Waals surface area contributed by atoms with Gasteiger partial charge in [0, 0.05) is 16.2 Å². The standard InChI is InChI=1S/C21H18BrNO3/c22-20-12-5-4-11-19(20)21(24)23-16-7-6-10-18(15-16)26-14-13-25-17-8-2-1-3-9-17/h1-12,15H,13-14H2,(H,23,24). The van der Waals surface area contributed by atoms with E-state index in [1.807, 2.05) is 66.7 Å². The van der Waals surface area contributed by atoms with E-state index in [-0.39, 0.29) is 5.91 Å². The van der Waals surface area contributed by atoms with Gasteiger partial charge in [0.2, 0.25) is 0 Å².